The number of rotatable bonds is 4. The summed E-state index contributed by atoms with van der Waals surface area (Å²) in [6, 6.07) is 14.2. The highest BCUT2D eigenvalue weighted by molar-refractivity contribution is 7.98. The number of aromatic nitrogens is 3. The largest absolute Gasteiger partial charge is 0.328 e. The number of benzene rings is 2. The van der Waals surface area contributed by atoms with Crippen LogP contribution in [0.1, 0.15) is 42.0 Å². The number of aryl methyl sites for hydroxylation is 1. The monoisotopic (exact) mass is 420 g/mol. The van der Waals surface area contributed by atoms with Gasteiger partial charge in [0.15, 0.2) is 5.78 Å². The van der Waals surface area contributed by atoms with E-state index in [1.54, 1.807) is 28.6 Å². The number of nitrogens with zero attached hydrogens (tertiary/aromatic N) is 3. The number of carbonyl (C=O) groups is 1. The molecule has 2 aliphatic rings. The number of hydrogen-bond donors (Lipinski definition) is 1. The van der Waals surface area contributed by atoms with Crippen molar-refractivity contribution in [1.82, 2.24) is 14.8 Å². The van der Waals surface area contributed by atoms with Gasteiger partial charge in [-0.05, 0) is 48.6 Å². The molecule has 0 fully saturated rings. The lowest BCUT2D eigenvalue weighted by atomic mass is 9.85. The molecule has 1 aromatic heterocycles. The minimum absolute atomic E-state index is 0.119. The normalized spacial score (nSPS) is 18.1. The summed E-state index contributed by atoms with van der Waals surface area (Å²) < 4.78 is 15.3. The number of halogens is 1. The van der Waals surface area contributed by atoms with E-state index in [0.29, 0.717) is 17.5 Å². The van der Waals surface area contributed by atoms with E-state index >= 15 is 0 Å². The molecule has 0 spiro atoms. The fraction of sp³-hybridized carbons (Fsp3) is 0.261. The molecule has 1 N–H and O–H groups in total. The number of fused-ring (bicyclic) bond motifs is 1. The van der Waals surface area contributed by atoms with Crippen molar-refractivity contribution in [1.29, 1.82) is 0 Å². The highest BCUT2D eigenvalue weighted by Crippen LogP contribution is 2.40. The van der Waals surface area contributed by atoms with Crippen molar-refractivity contribution in [3.63, 3.8) is 0 Å². The summed E-state index contributed by atoms with van der Waals surface area (Å²) >= 11 is 1.57. The zero-order valence-electron chi connectivity index (χ0n) is 16.6. The number of anilines is 1. The summed E-state index contributed by atoms with van der Waals surface area (Å²) in [7, 11) is 0. The van der Waals surface area contributed by atoms with Crippen LogP contribution in [0, 0.1) is 12.7 Å². The molecule has 3 aromatic rings. The van der Waals surface area contributed by atoms with Gasteiger partial charge in [0.1, 0.15) is 11.9 Å². The van der Waals surface area contributed by atoms with E-state index in [2.05, 4.69) is 29.4 Å². The molecule has 0 saturated carbocycles. The Morgan fingerprint density at radius 3 is 2.77 bits per heavy atom. The lowest BCUT2D eigenvalue weighted by Crippen LogP contribution is -2.31. The first-order chi connectivity index (χ1) is 14.6. The molecule has 0 saturated heterocycles. The third-order valence-electron chi connectivity index (χ3n) is 5.65. The fourth-order valence-corrected chi connectivity index (χ4v) is 4.97. The van der Waals surface area contributed by atoms with Gasteiger partial charge >= 0.3 is 0 Å². The second kappa shape index (κ2) is 7.72. The van der Waals surface area contributed by atoms with Gasteiger partial charge in [0.05, 0.1) is 0 Å². The summed E-state index contributed by atoms with van der Waals surface area (Å²) in [5, 5.41) is 8.71. The lowest BCUT2D eigenvalue weighted by molar-refractivity contribution is -0.116. The molecule has 30 heavy (non-hydrogen) atoms. The number of Topliss-reactive ketones (excluding diaryl/α,β-unsaturated/α-hetero) is 1. The van der Waals surface area contributed by atoms with E-state index in [1.807, 2.05) is 12.1 Å². The fourth-order valence-electron chi connectivity index (χ4n) is 4.07. The van der Waals surface area contributed by atoms with E-state index in [4.69, 9.17) is 5.10 Å². The zero-order chi connectivity index (χ0) is 20.7. The molecular formula is C23H21FN4OS. The SMILES string of the molecule is Cc1ccccc1CSc1nc2n(n1)C(c1ccc(F)cc1)C1=C(CCCC1=O)N2. The van der Waals surface area contributed by atoms with Crippen LogP contribution in [0.5, 0.6) is 0 Å². The van der Waals surface area contributed by atoms with E-state index in [1.165, 1.54) is 23.3 Å². The van der Waals surface area contributed by atoms with Gasteiger partial charge in [0.2, 0.25) is 11.1 Å². The van der Waals surface area contributed by atoms with Crippen LogP contribution in [0.4, 0.5) is 10.3 Å². The maximum absolute atomic E-state index is 13.5. The summed E-state index contributed by atoms with van der Waals surface area (Å²) in [6.45, 7) is 2.09. The molecular weight excluding hydrogens is 399 g/mol. The van der Waals surface area contributed by atoms with E-state index in [0.717, 1.165) is 35.4 Å². The second-order valence-electron chi connectivity index (χ2n) is 7.63. The first-order valence-electron chi connectivity index (χ1n) is 10.0. The van der Waals surface area contributed by atoms with Crippen molar-refractivity contribution in [2.24, 2.45) is 0 Å². The molecule has 152 valence electrons. The molecule has 1 unspecified atom stereocenters. The van der Waals surface area contributed by atoms with Crippen LogP contribution in [0.15, 0.2) is 65.0 Å². The van der Waals surface area contributed by atoms with Crippen LogP contribution in [-0.2, 0) is 10.5 Å². The smallest absolute Gasteiger partial charge is 0.227 e. The standard InChI is InChI=1S/C23H21FN4OS/c1-14-5-2-3-6-16(14)13-30-23-26-22-25-18-7-4-8-19(29)20(18)21(28(22)27-23)15-9-11-17(24)12-10-15/h2-3,5-6,9-12,21H,4,7-8,13H2,1H3,(H,25,26,27). The quantitative estimate of drug-likeness (QED) is 0.599. The molecule has 0 amide bonds. The third kappa shape index (κ3) is 3.43. The van der Waals surface area contributed by atoms with Crippen LogP contribution in [0.25, 0.3) is 0 Å². The third-order valence-corrected chi connectivity index (χ3v) is 6.54. The van der Waals surface area contributed by atoms with Gasteiger partial charge < -0.3 is 5.32 Å². The Bertz CT molecular complexity index is 1150. The average molecular weight is 421 g/mol. The molecule has 5 nitrogen and oxygen atoms in total. The number of allylic oxidation sites excluding steroid dienone is 2. The molecule has 1 aliphatic heterocycles. The van der Waals surface area contributed by atoms with Crippen molar-refractivity contribution >= 4 is 23.5 Å². The predicted molar refractivity (Wildman–Crippen MR) is 115 cm³/mol. The van der Waals surface area contributed by atoms with Gasteiger partial charge in [0.25, 0.3) is 0 Å². The van der Waals surface area contributed by atoms with Crippen molar-refractivity contribution in [2.75, 3.05) is 5.32 Å². The first kappa shape index (κ1) is 19.1. The minimum atomic E-state index is -0.384. The Balaban J connectivity index is 1.51. The Labute approximate surface area is 178 Å². The van der Waals surface area contributed by atoms with Crippen molar-refractivity contribution in [3.05, 3.63) is 82.3 Å². The summed E-state index contributed by atoms with van der Waals surface area (Å²) in [5.74, 6) is 1.22. The molecule has 1 atom stereocenters. The topological polar surface area (TPSA) is 59.8 Å². The Morgan fingerprint density at radius 2 is 1.97 bits per heavy atom. The van der Waals surface area contributed by atoms with Gasteiger partial charge in [-0.1, -0.05) is 48.2 Å². The maximum Gasteiger partial charge on any atom is 0.227 e. The second-order valence-corrected chi connectivity index (χ2v) is 8.57. The van der Waals surface area contributed by atoms with Crippen LogP contribution in [-0.4, -0.2) is 20.5 Å². The Morgan fingerprint density at radius 1 is 1.17 bits per heavy atom. The van der Waals surface area contributed by atoms with Crippen molar-refractivity contribution in [3.8, 4) is 0 Å². The zero-order valence-corrected chi connectivity index (χ0v) is 17.4. The van der Waals surface area contributed by atoms with Crippen molar-refractivity contribution < 1.29 is 9.18 Å². The maximum atomic E-state index is 13.5. The average Bonchev–Trinajstić information content (AvgIpc) is 3.15. The Kier molecular flexibility index (Phi) is 4.90. The van der Waals surface area contributed by atoms with Gasteiger partial charge in [-0.3, -0.25) is 4.79 Å². The number of hydrogen-bond acceptors (Lipinski definition) is 5. The number of nitrogens with one attached hydrogen (secondary N) is 1. The van der Waals surface area contributed by atoms with Crippen LogP contribution < -0.4 is 5.32 Å². The molecule has 0 bridgehead atoms. The number of ketones is 1. The van der Waals surface area contributed by atoms with Crippen LogP contribution in [0.2, 0.25) is 0 Å². The van der Waals surface area contributed by atoms with E-state index < -0.39 is 0 Å². The number of carbonyl (C=O) groups excluding carboxylic acids is 1. The highest BCUT2D eigenvalue weighted by atomic mass is 32.2. The van der Waals surface area contributed by atoms with Crippen molar-refractivity contribution in [2.45, 2.75) is 43.1 Å². The predicted octanol–water partition coefficient (Wildman–Crippen LogP) is 5.04. The Hall–Kier alpha value is -2.93. The molecule has 2 aromatic carbocycles. The van der Waals surface area contributed by atoms with Crippen LogP contribution >= 0.6 is 11.8 Å². The van der Waals surface area contributed by atoms with Crippen LogP contribution in [0.3, 0.4) is 0 Å². The van der Waals surface area contributed by atoms with E-state index in [-0.39, 0.29) is 17.6 Å². The summed E-state index contributed by atoms with van der Waals surface area (Å²) in [4.78, 5) is 17.5. The molecule has 5 rings (SSSR count). The molecule has 7 heteroatoms. The number of thioether (sulfide) groups is 1. The van der Waals surface area contributed by atoms with Gasteiger partial charge in [0, 0.05) is 23.4 Å². The lowest BCUT2D eigenvalue weighted by Gasteiger charge is -2.32. The minimum Gasteiger partial charge on any atom is -0.328 e. The summed E-state index contributed by atoms with van der Waals surface area (Å²) in [6.07, 6.45) is 2.15. The van der Waals surface area contributed by atoms with Gasteiger partial charge in [-0.2, -0.15) is 4.98 Å². The highest BCUT2D eigenvalue weighted by Gasteiger charge is 2.36. The summed E-state index contributed by atoms with van der Waals surface area (Å²) in [5.41, 5.74) is 4.95. The van der Waals surface area contributed by atoms with Gasteiger partial charge in [-0.25, -0.2) is 9.07 Å². The molecule has 0 radical (unpaired) electrons. The van der Waals surface area contributed by atoms with E-state index in [9.17, 15) is 9.18 Å². The molecule has 1 aliphatic carbocycles. The first-order valence-corrected chi connectivity index (χ1v) is 11.0. The van der Waals surface area contributed by atoms with Gasteiger partial charge in [-0.15, -0.1) is 5.10 Å². The molecule has 2 heterocycles.